The van der Waals surface area contributed by atoms with Crippen molar-refractivity contribution in [2.24, 2.45) is 0 Å². The molecular weight excluding hydrogens is 332 g/mol. The molecule has 0 saturated carbocycles. The maximum Gasteiger partial charge on any atom is 0.283 e. The minimum absolute atomic E-state index is 0.0652. The average molecular weight is 342 g/mol. The standard InChI is InChI=1S/C13H10BrClN2O2/c14-13-9(2-1-3-12(13)17(18)19)8-16-11-6-4-10(15)5-7-11/h1-7,16H,8H2. The molecule has 0 heterocycles. The van der Waals surface area contributed by atoms with Crippen molar-refractivity contribution in [3.05, 3.63) is 67.6 Å². The molecule has 6 heteroatoms. The quantitative estimate of drug-likeness (QED) is 0.652. The number of nitrogens with zero attached hydrogens (tertiary/aromatic N) is 1. The van der Waals surface area contributed by atoms with E-state index in [1.807, 2.05) is 18.2 Å². The molecule has 0 fully saturated rings. The fraction of sp³-hybridized carbons (Fsp3) is 0.0769. The van der Waals surface area contributed by atoms with Gasteiger partial charge < -0.3 is 5.32 Å². The lowest BCUT2D eigenvalue weighted by Crippen LogP contribution is -2.01. The second-order valence-electron chi connectivity index (χ2n) is 3.87. The number of benzene rings is 2. The first-order valence-corrected chi connectivity index (χ1v) is 6.66. The van der Waals surface area contributed by atoms with Crippen LogP contribution in [0.3, 0.4) is 0 Å². The Bertz CT molecular complexity index is 602. The van der Waals surface area contributed by atoms with E-state index in [2.05, 4.69) is 21.2 Å². The van der Waals surface area contributed by atoms with Gasteiger partial charge in [-0.2, -0.15) is 0 Å². The Kier molecular flexibility index (Phi) is 4.39. The summed E-state index contributed by atoms with van der Waals surface area (Å²) in [5.41, 5.74) is 1.79. The Morgan fingerprint density at radius 2 is 1.89 bits per heavy atom. The van der Waals surface area contributed by atoms with Gasteiger partial charge >= 0.3 is 0 Å². The molecule has 98 valence electrons. The van der Waals surface area contributed by atoms with Crippen LogP contribution in [-0.2, 0) is 6.54 Å². The number of hydrogen-bond acceptors (Lipinski definition) is 3. The predicted octanol–water partition coefficient (Wildman–Crippen LogP) is 4.62. The van der Waals surface area contributed by atoms with Gasteiger partial charge in [0.05, 0.1) is 4.92 Å². The fourth-order valence-electron chi connectivity index (χ4n) is 1.61. The molecule has 0 aromatic heterocycles. The molecule has 0 saturated heterocycles. The highest BCUT2D eigenvalue weighted by atomic mass is 79.9. The summed E-state index contributed by atoms with van der Waals surface area (Å²) < 4.78 is 0.501. The monoisotopic (exact) mass is 340 g/mol. The van der Waals surface area contributed by atoms with Gasteiger partial charge in [0.25, 0.3) is 5.69 Å². The molecule has 0 spiro atoms. The molecule has 0 aliphatic rings. The van der Waals surface area contributed by atoms with Gasteiger partial charge in [-0.05, 0) is 45.8 Å². The van der Waals surface area contributed by atoms with Crippen molar-refractivity contribution in [3.8, 4) is 0 Å². The van der Waals surface area contributed by atoms with Gasteiger partial charge in [-0.25, -0.2) is 0 Å². The van der Waals surface area contributed by atoms with E-state index >= 15 is 0 Å². The number of rotatable bonds is 4. The van der Waals surface area contributed by atoms with Crippen LogP contribution in [0.15, 0.2) is 46.9 Å². The van der Waals surface area contributed by atoms with Gasteiger partial charge in [0.1, 0.15) is 4.47 Å². The molecule has 0 aliphatic carbocycles. The van der Waals surface area contributed by atoms with Gasteiger partial charge in [0.2, 0.25) is 0 Å². The lowest BCUT2D eigenvalue weighted by atomic mass is 10.2. The summed E-state index contributed by atoms with van der Waals surface area (Å²) in [4.78, 5) is 10.4. The van der Waals surface area contributed by atoms with E-state index in [0.717, 1.165) is 11.3 Å². The van der Waals surface area contributed by atoms with Crippen LogP contribution in [0.25, 0.3) is 0 Å². The number of halogens is 2. The SMILES string of the molecule is O=[N+]([O-])c1cccc(CNc2ccc(Cl)cc2)c1Br. The third-order valence-electron chi connectivity index (χ3n) is 2.58. The van der Waals surface area contributed by atoms with Crippen LogP contribution in [0.5, 0.6) is 0 Å². The van der Waals surface area contributed by atoms with Crippen LogP contribution in [0.2, 0.25) is 5.02 Å². The first-order chi connectivity index (χ1) is 9.08. The zero-order valence-electron chi connectivity index (χ0n) is 9.77. The molecule has 4 nitrogen and oxygen atoms in total. The molecule has 2 rings (SSSR count). The van der Waals surface area contributed by atoms with E-state index in [1.54, 1.807) is 18.2 Å². The number of anilines is 1. The highest BCUT2D eigenvalue weighted by molar-refractivity contribution is 9.10. The van der Waals surface area contributed by atoms with E-state index in [0.29, 0.717) is 16.0 Å². The zero-order valence-corrected chi connectivity index (χ0v) is 12.1. The zero-order chi connectivity index (χ0) is 13.8. The molecule has 19 heavy (non-hydrogen) atoms. The molecule has 1 N–H and O–H groups in total. The summed E-state index contributed by atoms with van der Waals surface area (Å²) in [6, 6.07) is 12.2. The Morgan fingerprint density at radius 3 is 2.53 bits per heavy atom. The summed E-state index contributed by atoms with van der Waals surface area (Å²) in [5, 5.41) is 14.7. The number of nitro benzene ring substituents is 1. The molecule has 0 atom stereocenters. The lowest BCUT2D eigenvalue weighted by Gasteiger charge is -2.08. The summed E-state index contributed by atoms with van der Waals surface area (Å²) in [6.07, 6.45) is 0. The molecule has 0 radical (unpaired) electrons. The largest absolute Gasteiger partial charge is 0.381 e. The van der Waals surface area contributed by atoms with Crippen LogP contribution in [0.1, 0.15) is 5.56 Å². The summed E-state index contributed by atoms with van der Waals surface area (Å²) in [6.45, 7) is 0.490. The topological polar surface area (TPSA) is 55.2 Å². The summed E-state index contributed by atoms with van der Waals surface area (Å²) in [7, 11) is 0. The van der Waals surface area contributed by atoms with Crippen molar-refractivity contribution >= 4 is 38.9 Å². The Balaban J connectivity index is 2.13. The van der Waals surface area contributed by atoms with Crippen molar-refractivity contribution < 1.29 is 4.92 Å². The third-order valence-corrected chi connectivity index (χ3v) is 3.75. The van der Waals surface area contributed by atoms with Crippen LogP contribution < -0.4 is 5.32 Å². The van der Waals surface area contributed by atoms with Crippen molar-refractivity contribution in [1.82, 2.24) is 0 Å². The highest BCUT2D eigenvalue weighted by Crippen LogP contribution is 2.28. The molecule has 0 bridgehead atoms. The Labute approximate surface area is 123 Å². The van der Waals surface area contributed by atoms with Gasteiger partial charge in [0, 0.05) is 23.3 Å². The van der Waals surface area contributed by atoms with E-state index < -0.39 is 4.92 Å². The van der Waals surface area contributed by atoms with Crippen molar-refractivity contribution in [1.29, 1.82) is 0 Å². The van der Waals surface area contributed by atoms with Crippen LogP contribution >= 0.6 is 27.5 Å². The molecule has 0 unspecified atom stereocenters. The van der Waals surface area contributed by atoms with E-state index in [4.69, 9.17) is 11.6 Å². The molecular formula is C13H10BrClN2O2. The lowest BCUT2D eigenvalue weighted by molar-refractivity contribution is -0.385. The highest BCUT2D eigenvalue weighted by Gasteiger charge is 2.14. The molecule has 2 aromatic carbocycles. The van der Waals surface area contributed by atoms with Gasteiger partial charge in [0.15, 0.2) is 0 Å². The van der Waals surface area contributed by atoms with Crippen LogP contribution in [-0.4, -0.2) is 4.92 Å². The predicted molar refractivity (Wildman–Crippen MR) is 79.6 cm³/mol. The number of nitrogens with one attached hydrogen (secondary N) is 1. The van der Waals surface area contributed by atoms with Crippen molar-refractivity contribution in [3.63, 3.8) is 0 Å². The second-order valence-corrected chi connectivity index (χ2v) is 5.10. The van der Waals surface area contributed by atoms with Gasteiger partial charge in [-0.15, -0.1) is 0 Å². The molecule has 2 aromatic rings. The minimum Gasteiger partial charge on any atom is -0.381 e. The number of hydrogen-bond donors (Lipinski definition) is 1. The van der Waals surface area contributed by atoms with E-state index in [9.17, 15) is 10.1 Å². The van der Waals surface area contributed by atoms with E-state index in [1.165, 1.54) is 6.07 Å². The van der Waals surface area contributed by atoms with Gasteiger partial charge in [-0.1, -0.05) is 23.7 Å². The van der Waals surface area contributed by atoms with Gasteiger partial charge in [-0.3, -0.25) is 10.1 Å². The Morgan fingerprint density at radius 1 is 1.21 bits per heavy atom. The van der Waals surface area contributed by atoms with Crippen LogP contribution in [0.4, 0.5) is 11.4 Å². The van der Waals surface area contributed by atoms with E-state index in [-0.39, 0.29) is 5.69 Å². The first kappa shape index (κ1) is 13.8. The normalized spacial score (nSPS) is 10.2. The smallest absolute Gasteiger partial charge is 0.283 e. The average Bonchev–Trinajstić information content (AvgIpc) is 2.39. The van der Waals surface area contributed by atoms with Crippen molar-refractivity contribution in [2.75, 3.05) is 5.32 Å². The third kappa shape index (κ3) is 3.45. The second kappa shape index (κ2) is 6.04. The minimum atomic E-state index is -0.407. The first-order valence-electron chi connectivity index (χ1n) is 5.49. The summed E-state index contributed by atoms with van der Waals surface area (Å²) >= 11 is 9.06. The maximum atomic E-state index is 10.8. The Hall–Kier alpha value is -1.59. The van der Waals surface area contributed by atoms with Crippen LogP contribution in [0, 0.1) is 10.1 Å². The van der Waals surface area contributed by atoms with Crippen molar-refractivity contribution in [2.45, 2.75) is 6.54 Å². The fourth-order valence-corrected chi connectivity index (χ4v) is 2.28. The molecule has 0 aliphatic heterocycles. The number of nitro groups is 1. The maximum absolute atomic E-state index is 10.8. The summed E-state index contributed by atoms with van der Waals surface area (Å²) in [5.74, 6) is 0. The molecule has 0 amide bonds.